The van der Waals surface area contributed by atoms with E-state index in [1.165, 1.54) is 13.8 Å². The third-order valence-electron chi connectivity index (χ3n) is 1.98. The molecule has 0 atom stereocenters. The van der Waals surface area contributed by atoms with Gasteiger partial charge in [-0.05, 0) is 19.1 Å². The first-order chi connectivity index (χ1) is 7.52. The normalized spacial score (nSPS) is 11.6. The van der Waals surface area contributed by atoms with Gasteiger partial charge in [-0.2, -0.15) is 0 Å². The maximum absolute atomic E-state index is 11.1. The van der Waals surface area contributed by atoms with E-state index in [0.29, 0.717) is 5.69 Å². The summed E-state index contributed by atoms with van der Waals surface area (Å²) in [5, 5.41) is 13.5. The minimum atomic E-state index is -0.673. The van der Waals surface area contributed by atoms with E-state index in [1.807, 2.05) is 6.07 Å². The number of nitrogens with one attached hydrogen (secondary N) is 1. The molecule has 0 aliphatic carbocycles. The fourth-order valence-electron chi connectivity index (χ4n) is 1.33. The van der Waals surface area contributed by atoms with Crippen LogP contribution in [-0.2, 0) is 4.79 Å². The number of hydrogen-bond donors (Lipinski definition) is 1. The number of ketones is 1. The predicted octanol–water partition coefficient (Wildman–Crippen LogP) is 2.20. The van der Waals surface area contributed by atoms with Crippen molar-refractivity contribution in [2.75, 3.05) is 5.32 Å². The van der Waals surface area contributed by atoms with Gasteiger partial charge in [0.1, 0.15) is 0 Å². The molecule has 0 saturated carbocycles. The van der Waals surface area contributed by atoms with Gasteiger partial charge >= 0.3 is 5.70 Å². The molecule has 0 radical (unpaired) electrons. The van der Waals surface area contributed by atoms with Gasteiger partial charge in [0, 0.05) is 12.6 Å². The van der Waals surface area contributed by atoms with Crippen molar-refractivity contribution >= 4 is 11.5 Å². The molecule has 5 heteroatoms. The third kappa shape index (κ3) is 2.91. The van der Waals surface area contributed by atoms with Crippen molar-refractivity contribution in [2.45, 2.75) is 13.8 Å². The van der Waals surface area contributed by atoms with Gasteiger partial charge in [-0.15, -0.1) is 0 Å². The van der Waals surface area contributed by atoms with Crippen LogP contribution < -0.4 is 5.32 Å². The molecule has 1 aromatic rings. The van der Waals surface area contributed by atoms with E-state index in [2.05, 4.69) is 5.32 Å². The van der Waals surface area contributed by atoms with Gasteiger partial charge in [-0.25, -0.2) is 0 Å². The van der Waals surface area contributed by atoms with Crippen molar-refractivity contribution in [1.29, 1.82) is 0 Å². The summed E-state index contributed by atoms with van der Waals surface area (Å²) < 4.78 is 0. The highest BCUT2D eigenvalue weighted by Gasteiger charge is 2.21. The highest BCUT2D eigenvalue weighted by molar-refractivity contribution is 5.91. The van der Waals surface area contributed by atoms with Gasteiger partial charge in [-0.1, -0.05) is 18.2 Å². The maximum Gasteiger partial charge on any atom is 0.330 e. The lowest BCUT2D eigenvalue weighted by atomic mass is 10.2. The van der Waals surface area contributed by atoms with E-state index in [0.717, 1.165) is 0 Å². The molecule has 1 N–H and O–H groups in total. The van der Waals surface area contributed by atoms with Crippen LogP contribution in [-0.4, -0.2) is 10.7 Å². The summed E-state index contributed by atoms with van der Waals surface area (Å²) in [6.45, 7) is 2.68. The van der Waals surface area contributed by atoms with Crippen molar-refractivity contribution < 1.29 is 9.72 Å². The first kappa shape index (κ1) is 11.9. The maximum atomic E-state index is 11.1. The molecule has 1 aromatic carbocycles. The number of hydrogen-bond acceptors (Lipinski definition) is 4. The number of carbonyl (C=O) groups excluding carboxylic acids is 1. The van der Waals surface area contributed by atoms with Crippen molar-refractivity contribution in [3.63, 3.8) is 0 Å². The zero-order valence-corrected chi connectivity index (χ0v) is 9.06. The fraction of sp³-hybridized carbons (Fsp3) is 0.182. The number of allylic oxidation sites excluding steroid dienone is 2. The zero-order valence-electron chi connectivity index (χ0n) is 9.06. The molecule has 0 aliphatic heterocycles. The van der Waals surface area contributed by atoms with E-state index >= 15 is 0 Å². The Morgan fingerprint density at radius 1 is 1.25 bits per heavy atom. The highest BCUT2D eigenvalue weighted by Crippen LogP contribution is 2.12. The Balaban J connectivity index is 2.99. The molecule has 0 bridgehead atoms. The van der Waals surface area contributed by atoms with Gasteiger partial charge in [0.2, 0.25) is 5.78 Å². The number of benzene rings is 1. The van der Waals surface area contributed by atoms with Crippen LogP contribution in [0, 0.1) is 10.1 Å². The van der Waals surface area contributed by atoms with E-state index in [4.69, 9.17) is 0 Å². The molecule has 5 nitrogen and oxygen atoms in total. The Morgan fingerprint density at radius 2 is 1.81 bits per heavy atom. The number of carbonyl (C=O) groups is 1. The van der Waals surface area contributed by atoms with Crippen LogP contribution in [0.3, 0.4) is 0 Å². The van der Waals surface area contributed by atoms with Crippen molar-refractivity contribution in [1.82, 2.24) is 0 Å². The quantitative estimate of drug-likeness (QED) is 0.479. The van der Waals surface area contributed by atoms with Crippen LogP contribution in [0.25, 0.3) is 0 Å². The molecule has 16 heavy (non-hydrogen) atoms. The second-order valence-corrected chi connectivity index (χ2v) is 3.28. The number of para-hydroxylation sites is 1. The predicted molar refractivity (Wildman–Crippen MR) is 60.4 cm³/mol. The number of Topliss-reactive ketones (excluding diaryl/α,β-unsaturated/α-hetero) is 1. The third-order valence-corrected chi connectivity index (χ3v) is 1.98. The van der Waals surface area contributed by atoms with Crippen LogP contribution in [0.1, 0.15) is 13.8 Å². The summed E-state index contributed by atoms with van der Waals surface area (Å²) in [7, 11) is 0. The highest BCUT2D eigenvalue weighted by atomic mass is 16.6. The second kappa shape index (κ2) is 5.06. The Hall–Kier alpha value is -2.17. The monoisotopic (exact) mass is 220 g/mol. The molecule has 0 unspecified atom stereocenters. The molecule has 0 heterocycles. The van der Waals surface area contributed by atoms with Crippen molar-refractivity contribution in [3.8, 4) is 0 Å². The fourth-order valence-corrected chi connectivity index (χ4v) is 1.33. The second-order valence-electron chi connectivity index (χ2n) is 3.28. The summed E-state index contributed by atoms with van der Waals surface area (Å²) in [5.41, 5.74) is 0.535. The summed E-state index contributed by atoms with van der Waals surface area (Å²) in [5.74, 6) is -0.564. The molecule has 0 saturated heterocycles. The largest absolute Gasteiger partial charge is 0.353 e. The van der Waals surface area contributed by atoms with Gasteiger partial charge in [0.15, 0.2) is 0 Å². The van der Waals surface area contributed by atoms with Gasteiger partial charge in [0.05, 0.1) is 10.6 Å². The number of rotatable bonds is 4. The summed E-state index contributed by atoms with van der Waals surface area (Å²) in [6, 6.07) is 8.97. The zero-order chi connectivity index (χ0) is 12.1. The van der Waals surface area contributed by atoms with Crippen LogP contribution in [0.5, 0.6) is 0 Å². The van der Waals surface area contributed by atoms with Gasteiger partial charge < -0.3 is 5.32 Å². The standard InChI is InChI=1S/C11H12N2O3/c1-8(11(9(2)14)13(15)16)12-10-6-4-3-5-7-10/h3-7,12H,1-2H3/b11-8+. The average molecular weight is 220 g/mol. The lowest BCUT2D eigenvalue weighted by Crippen LogP contribution is -2.14. The Bertz CT molecular complexity index is 422. The first-order valence-electron chi connectivity index (χ1n) is 4.70. The number of anilines is 1. The lowest BCUT2D eigenvalue weighted by Gasteiger charge is -2.06. The topological polar surface area (TPSA) is 72.2 Å². The Labute approximate surface area is 92.9 Å². The Morgan fingerprint density at radius 3 is 2.25 bits per heavy atom. The molecule has 0 spiro atoms. The Kier molecular flexibility index (Phi) is 3.77. The molecular formula is C11H12N2O3. The van der Waals surface area contributed by atoms with Crippen LogP contribution in [0.2, 0.25) is 0 Å². The number of nitro groups is 1. The van der Waals surface area contributed by atoms with Gasteiger partial charge in [-0.3, -0.25) is 14.9 Å². The van der Waals surface area contributed by atoms with E-state index < -0.39 is 16.4 Å². The molecule has 0 aliphatic rings. The first-order valence-corrected chi connectivity index (χ1v) is 4.70. The molecular weight excluding hydrogens is 208 g/mol. The molecule has 0 fully saturated rings. The minimum absolute atomic E-state index is 0.240. The van der Waals surface area contributed by atoms with E-state index in [-0.39, 0.29) is 5.70 Å². The van der Waals surface area contributed by atoms with Crippen LogP contribution in [0.4, 0.5) is 5.69 Å². The summed E-state index contributed by atoms with van der Waals surface area (Å²) in [4.78, 5) is 21.1. The summed E-state index contributed by atoms with van der Waals surface area (Å²) in [6.07, 6.45) is 0. The molecule has 0 aromatic heterocycles. The smallest absolute Gasteiger partial charge is 0.330 e. The molecule has 0 amide bonds. The van der Waals surface area contributed by atoms with E-state index in [1.54, 1.807) is 24.3 Å². The minimum Gasteiger partial charge on any atom is -0.353 e. The number of nitrogens with zero attached hydrogens (tertiary/aromatic N) is 1. The van der Waals surface area contributed by atoms with Crippen molar-refractivity contribution in [3.05, 3.63) is 51.8 Å². The molecule has 84 valence electrons. The van der Waals surface area contributed by atoms with Gasteiger partial charge in [0.25, 0.3) is 0 Å². The average Bonchev–Trinajstić information content (AvgIpc) is 2.17. The summed E-state index contributed by atoms with van der Waals surface area (Å²) >= 11 is 0. The van der Waals surface area contributed by atoms with Crippen LogP contribution in [0.15, 0.2) is 41.7 Å². The molecule has 1 rings (SSSR count). The van der Waals surface area contributed by atoms with Crippen molar-refractivity contribution in [2.24, 2.45) is 0 Å². The lowest BCUT2D eigenvalue weighted by molar-refractivity contribution is -0.419. The SMILES string of the molecule is CC(=O)/C(=C(/C)Nc1ccccc1)[N+](=O)[O-]. The van der Waals surface area contributed by atoms with E-state index in [9.17, 15) is 14.9 Å². The van der Waals surface area contributed by atoms with Crippen LogP contribution >= 0.6 is 0 Å².